The van der Waals surface area contributed by atoms with E-state index in [0.717, 1.165) is 5.69 Å². The van der Waals surface area contributed by atoms with Gasteiger partial charge in [0, 0.05) is 5.69 Å². The fourth-order valence-electron chi connectivity index (χ4n) is 2.78. The first-order valence-corrected chi connectivity index (χ1v) is 8.45. The van der Waals surface area contributed by atoms with Crippen LogP contribution in [0.1, 0.15) is 23.9 Å². The third-order valence-electron chi connectivity index (χ3n) is 4.05. The summed E-state index contributed by atoms with van der Waals surface area (Å²) in [6, 6.07) is 14.6. The topological polar surface area (TPSA) is 89.3 Å². The van der Waals surface area contributed by atoms with Gasteiger partial charge in [-0.05, 0) is 38.1 Å². The van der Waals surface area contributed by atoms with Crippen molar-refractivity contribution < 1.29 is 9.53 Å². The summed E-state index contributed by atoms with van der Waals surface area (Å²) in [4.78, 5) is 33.7. The van der Waals surface area contributed by atoms with E-state index in [1.165, 1.54) is 11.8 Å². The molecule has 3 aromatic rings. The zero-order valence-corrected chi connectivity index (χ0v) is 15.4. The summed E-state index contributed by atoms with van der Waals surface area (Å²) in [5.74, 6) is 0.0579. The van der Waals surface area contributed by atoms with Crippen molar-refractivity contribution in [3.8, 4) is 5.69 Å². The summed E-state index contributed by atoms with van der Waals surface area (Å²) in [5, 5.41) is 3.01. The lowest BCUT2D eigenvalue weighted by atomic mass is 10.1. The molecular weight excluding hydrogens is 344 g/mol. The third kappa shape index (κ3) is 4.03. The molecule has 0 amide bonds. The molecule has 0 radical (unpaired) electrons. The minimum Gasteiger partial charge on any atom is -0.469 e. The Hall–Kier alpha value is -3.48. The van der Waals surface area contributed by atoms with Crippen LogP contribution in [0, 0.1) is 6.92 Å². The first-order chi connectivity index (χ1) is 13.0. The van der Waals surface area contributed by atoms with Crippen molar-refractivity contribution in [2.24, 2.45) is 4.99 Å². The fraction of sp³-hybridized carbons (Fsp3) is 0.200. The number of hydrogen-bond acceptors (Lipinski definition) is 5. The van der Waals surface area contributed by atoms with Gasteiger partial charge >= 0.3 is 5.97 Å². The number of methoxy groups -OCH3 is 1. The molecule has 2 aromatic heterocycles. The first kappa shape index (κ1) is 18.3. The molecule has 0 bridgehead atoms. The molecule has 0 aliphatic heterocycles. The first-order valence-electron chi connectivity index (χ1n) is 8.45. The Kier molecular flexibility index (Phi) is 5.30. The lowest BCUT2D eigenvalue weighted by molar-refractivity contribution is -0.139. The highest BCUT2D eigenvalue weighted by Crippen LogP contribution is 2.14. The number of nitrogens with zero attached hydrogens (tertiary/aromatic N) is 3. The zero-order chi connectivity index (χ0) is 19.4. The summed E-state index contributed by atoms with van der Waals surface area (Å²) in [6.07, 6.45) is -0.0605. The van der Waals surface area contributed by atoms with E-state index in [1.807, 2.05) is 37.3 Å². The minimum atomic E-state index is -0.445. The molecule has 0 aliphatic rings. The average molecular weight is 364 g/mol. The number of H-pyrrole nitrogens is 1. The molecule has 0 spiro atoms. The third-order valence-corrected chi connectivity index (χ3v) is 4.05. The van der Waals surface area contributed by atoms with Crippen molar-refractivity contribution in [1.29, 1.82) is 0 Å². The second-order valence-corrected chi connectivity index (χ2v) is 6.03. The Balaban J connectivity index is 2.13. The normalized spacial score (nSPS) is 11.4. The second-order valence-electron chi connectivity index (χ2n) is 6.03. The molecule has 0 saturated heterocycles. The van der Waals surface area contributed by atoms with Crippen LogP contribution in [0.15, 0.2) is 58.3 Å². The highest BCUT2D eigenvalue weighted by Gasteiger charge is 2.20. The van der Waals surface area contributed by atoms with Crippen LogP contribution in [-0.4, -0.2) is 33.6 Å². The molecule has 0 saturated carbocycles. The Morgan fingerprint density at radius 1 is 1.19 bits per heavy atom. The van der Waals surface area contributed by atoms with E-state index in [-0.39, 0.29) is 12.0 Å². The minimum absolute atomic E-state index is 0.0605. The average Bonchev–Trinajstić information content (AvgIpc) is 2.98. The van der Waals surface area contributed by atoms with Gasteiger partial charge in [-0.25, -0.2) is 14.7 Å². The molecular formula is C20H20N4O3. The van der Waals surface area contributed by atoms with E-state index in [9.17, 15) is 9.59 Å². The van der Waals surface area contributed by atoms with Crippen LogP contribution in [0.3, 0.4) is 0 Å². The Labute approximate surface area is 156 Å². The smallest absolute Gasteiger partial charge is 0.311 e. The Morgan fingerprint density at radius 3 is 2.59 bits per heavy atom. The molecule has 0 unspecified atom stereocenters. The molecule has 7 heteroatoms. The quantitative estimate of drug-likeness (QED) is 0.557. The summed E-state index contributed by atoms with van der Waals surface area (Å²) in [6.45, 7) is 3.60. The van der Waals surface area contributed by atoms with E-state index >= 15 is 0 Å². The van der Waals surface area contributed by atoms with Crippen LogP contribution < -0.4 is 5.56 Å². The number of aliphatic imine (C=N–C) groups is 1. The van der Waals surface area contributed by atoms with Gasteiger partial charge in [0.05, 0.1) is 36.2 Å². The highest BCUT2D eigenvalue weighted by molar-refractivity contribution is 6.01. The number of carbonyl (C=O) groups excluding carboxylic acids is 1. The van der Waals surface area contributed by atoms with Crippen LogP contribution in [0.5, 0.6) is 0 Å². The molecule has 0 aliphatic carbocycles. The second kappa shape index (κ2) is 7.82. The van der Waals surface area contributed by atoms with Gasteiger partial charge in [-0.15, -0.1) is 0 Å². The number of carbonyl (C=O) groups is 1. The standard InChI is InChI=1S/C20H20N4O3/c1-13-8-7-11-17(21-13)22-14(2)19-16(12-18(25)27-3)23-24(20(19)26)15-9-5-4-6-10-15/h4-11,23H,12H2,1-3H3/b22-14+. The van der Waals surface area contributed by atoms with Crippen LogP contribution in [0.2, 0.25) is 0 Å². The summed E-state index contributed by atoms with van der Waals surface area (Å²) >= 11 is 0. The van der Waals surface area contributed by atoms with E-state index in [1.54, 1.807) is 25.1 Å². The van der Waals surface area contributed by atoms with Gasteiger partial charge in [-0.2, -0.15) is 0 Å². The summed E-state index contributed by atoms with van der Waals surface area (Å²) in [7, 11) is 1.31. The molecule has 1 N–H and O–H groups in total. The van der Waals surface area contributed by atoms with Crippen LogP contribution in [0.25, 0.3) is 5.69 Å². The number of ether oxygens (including phenoxy) is 1. The Morgan fingerprint density at radius 2 is 1.93 bits per heavy atom. The number of para-hydroxylation sites is 1. The predicted molar refractivity (Wildman–Crippen MR) is 103 cm³/mol. The molecule has 1 aromatic carbocycles. The molecule has 0 fully saturated rings. The monoisotopic (exact) mass is 364 g/mol. The maximum absolute atomic E-state index is 13.0. The largest absolute Gasteiger partial charge is 0.469 e. The maximum atomic E-state index is 13.0. The van der Waals surface area contributed by atoms with Crippen molar-refractivity contribution in [3.63, 3.8) is 0 Å². The molecule has 138 valence electrons. The molecule has 2 heterocycles. The molecule has 0 atom stereocenters. The summed E-state index contributed by atoms with van der Waals surface area (Å²) in [5.41, 5.74) is 2.48. The van der Waals surface area contributed by atoms with Crippen molar-refractivity contribution in [3.05, 3.63) is 75.8 Å². The van der Waals surface area contributed by atoms with Gasteiger partial charge < -0.3 is 4.74 Å². The molecule has 7 nitrogen and oxygen atoms in total. The van der Waals surface area contributed by atoms with Gasteiger partial charge in [-0.3, -0.25) is 14.7 Å². The zero-order valence-electron chi connectivity index (χ0n) is 15.4. The maximum Gasteiger partial charge on any atom is 0.311 e. The SMILES string of the molecule is COC(=O)Cc1[nH]n(-c2ccccc2)c(=O)c1/C(C)=N/c1cccc(C)n1. The highest BCUT2D eigenvalue weighted by atomic mass is 16.5. The molecule has 27 heavy (non-hydrogen) atoms. The number of nitrogens with one attached hydrogen (secondary N) is 1. The van der Waals surface area contributed by atoms with Gasteiger partial charge in [0.25, 0.3) is 5.56 Å². The number of aryl methyl sites for hydroxylation is 1. The predicted octanol–water partition coefficient (Wildman–Crippen LogP) is 2.73. The molecule has 3 rings (SSSR count). The van der Waals surface area contributed by atoms with E-state index in [2.05, 4.69) is 15.1 Å². The fourth-order valence-corrected chi connectivity index (χ4v) is 2.78. The van der Waals surface area contributed by atoms with Crippen LogP contribution >= 0.6 is 0 Å². The number of hydrogen-bond donors (Lipinski definition) is 1. The van der Waals surface area contributed by atoms with E-state index in [0.29, 0.717) is 28.5 Å². The van der Waals surface area contributed by atoms with Crippen molar-refractivity contribution in [2.75, 3.05) is 7.11 Å². The Bertz CT molecular complexity index is 1050. The van der Waals surface area contributed by atoms with Gasteiger partial charge in [-0.1, -0.05) is 24.3 Å². The lowest BCUT2D eigenvalue weighted by Crippen LogP contribution is -2.20. The van der Waals surface area contributed by atoms with E-state index < -0.39 is 5.97 Å². The van der Waals surface area contributed by atoms with Gasteiger partial charge in [0.15, 0.2) is 5.82 Å². The van der Waals surface area contributed by atoms with Crippen LogP contribution in [0.4, 0.5) is 5.82 Å². The number of esters is 1. The van der Waals surface area contributed by atoms with Crippen molar-refractivity contribution in [2.45, 2.75) is 20.3 Å². The lowest BCUT2D eigenvalue weighted by Gasteiger charge is -2.02. The number of benzene rings is 1. The number of aromatic nitrogens is 3. The number of aromatic amines is 1. The summed E-state index contributed by atoms with van der Waals surface area (Å²) < 4.78 is 6.15. The van der Waals surface area contributed by atoms with Gasteiger partial charge in [0.1, 0.15) is 0 Å². The van der Waals surface area contributed by atoms with Gasteiger partial charge in [0.2, 0.25) is 0 Å². The number of pyridine rings is 1. The number of rotatable bonds is 5. The van der Waals surface area contributed by atoms with E-state index in [4.69, 9.17) is 4.74 Å². The van der Waals surface area contributed by atoms with Crippen molar-refractivity contribution in [1.82, 2.24) is 14.8 Å². The van der Waals surface area contributed by atoms with Crippen LogP contribution in [-0.2, 0) is 16.0 Å². The van der Waals surface area contributed by atoms with Crippen molar-refractivity contribution >= 4 is 17.5 Å².